The maximum Gasteiger partial charge on any atom is 4.00 e. The number of nitrogens with zero attached hydrogens (tertiary/aromatic N) is 4. The number of nitrogens with one attached hydrogen (secondary N) is 2. The summed E-state index contributed by atoms with van der Waals surface area (Å²) in [4.78, 5) is 2.46. The first-order valence-electron chi connectivity index (χ1n) is 35.4. The van der Waals surface area contributed by atoms with Gasteiger partial charge in [0.05, 0.1) is 0 Å². The molecule has 0 atom stereocenters. The van der Waals surface area contributed by atoms with Crippen molar-refractivity contribution in [2.75, 3.05) is 52.4 Å². The van der Waals surface area contributed by atoms with Crippen molar-refractivity contribution < 1.29 is 69.3 Å². The number of unbranched alkanes of at least 4 members (excludes halogenated alkanes) is 3. The minimum absolute atomic E-state index is 0. The Balaban J connectivity index is 0. The van der Waals surface area contributed by atoms with Crippen molar-refractivity contribution in [2.24, 2.45) is 0 Å². The first-order chi connectivity index (χ1) is 45.4. The summed E-state index contributed by atoms with van der Waals surface area (Å²) < 4.78 is 0. The van der Waals surface area contributed by atoms with Gasteiger partial charge in [-0.3, -0.25) is 0 Å². The van der Waals surface area contributed by atoms with Gasteiger partial charge in [-0.2, -0.15) is 88.0 Å². The largest absolute Gasteiger partial charge is 4.00 e. The number of hydrogen-bond acceptors (Lipinski definition) is 0. The van der Waals surface area contributed by atoms with Crippen molar-refractivity contribution in [3.8, 4) is 0 Å². The zero-order chi connectivity index (χ0) is 72.5. The van der Waals surface area contributed by atoms with E-state index in [0.717, 1.165) is 69.0 Å². The molecule has 2 N–H and O–H groups in total. The van der Waals surface area contributed by atoms with Gasteiger partial charge in [0, 0.05) is 26.2 Å². The monoisotopic (exact) mass is 1560 g/mol. The standard InChI is InChI=1S/2C27H41N3.3C11H15.3ClH.Mg.2Zr/c2*1-16-18(3)22(7)26(23(8)19(16)4)28-12-14-30(11)15-13-29-27-24(9)20(5)17(2)21(6)25(27)10;3*1-3-4-7-11-8-5-6-10(2)9-11;;;;;;/h2*30H,11-15H2,1-10H3;3*5-6,8-9H,2-4,7H2,1H3;3*1H;;;/q2*-2;3*-1;;;;+2;2*+4/p-3. The van der Waals surface area contributed by atoms with E-state index in [0.29, 0.717) is 0 Å². The van der Waals surface area contributed by atoms with E-state index >= 15 is 0 Å². The number of hydrogen-bond donors (Lipinski definition) is 2. The average molecular weight is 1570 g/mol. The third-order valence-electron chi connectivity index (χ3n) is 20.2. The molecule has 0 amide bonds. The first-order valence-corrected chi connectivity index (χ1v) is 41.7. The second-order valence-electron chi connectivity index (χ2n) is 26.8. The number of rotatable bonds is 25. The van der Waals surface area contributed by atoms with E-state index in [-0.39, 0.29) is 61.7 Å². The quantitative estimate of drug-likeness (QED) is 0.0423. The predicted molar refractivity (Wildman–Crippen MR) is 430 cm³/mol. The van der Waals surface area contributed by atoms with E-state index in [4.69, 9.17) is 38.3 Å². The first kappa shape index (κ1) is 97.7. The fourth-order valence-electron chi connectivity index (χ4n) is 11.9. The van der Waals surface area contributed by atoms with Crippen LogP contribution >= 0.6 is 17.0 Å². The van der Waals surface area contributed by atoms with E-state index in [9.17, 15) is 0 Å². The summed E-state index contributed by atoms with van der Waals surface area (Å²) in [6.07, 6.45) is 11.2. The number of quaternary nitrogens is 2. The van der Waals surface area contributed by atoms with Gasteiger partial charge in [-0.15, -0.1) is 57.6 Å². The predicted octanol–water partition coefficient (Wildman–Crippen LogP) is 19.9. The molecule has 0 aliphatic carbocycles. The third kappa shape index (κ3) is 32.3. The Morgan fingerprint density at radius 1 is 0.323 bits per heavy atom. The van der Waals surface area contributed by atoms with Crippen LogP contribution in [0.5, 0.6) is 0 Å². The zero-order valence-corrected chi connectivity index (χ0v) is 74.7. The smallest absolute Gasteiger partial charge is 2.00 e. The van der Waals surface area contributed by atoms with Crippen molar-refractivity contribution in [1.82, 2.24) is 0 Å². The fraction of sp³-hybridized carbons (Fsp3) is 0.460. The maximum atomic E-state index is 4.94. The molecule has 6 nitrogen and oxygen atoms in total. The SMILES string of the molecule is [CH2-][NH+](CC[N-]c1c(C)c(C)c(C)c(C)c1C)CC[N-]c1c(C)c(C)c(C)c(C)c1C.[CH2-][NH+](CC[N-]c1c(C)c(C)c(C)c(C)c1C)CC[N-]c1c(C)c(C)c(C)c(C)c1C.[CH2-]c1cccc(CCCC)c1.[CH2-]c1cccc(CCCC)c1.[CH2-]c1cccc(CCCC)c1.[Cl-].[Cl][Zr+2][Cl].[Mg+2].[Zr+4]. The summed E-state index contributed by atoms with van der Waals surface area (Å²) in [5.74, 6) is 0. The molecule has 7 aromatic rings. The summed E-state index contributed by atoms with van der Waals surface area (Å²) >= 11 is -0.826. The van der Waals surface area contributed by atoms with Crippen LogP contribution in [0.4, 0.5) is 22.7 Å². The van der Waals surface area contributed by atoms with Gasteiger partial charge in [0.1, 0.15) is 0 Å². The van der Waals surface area contributed by atoms with Crippen molar-refractivity contribution in [3.05, 3.63) is 274 Å². The van der Waals surface area contributed by atoms with Gasteiger partial charge >= 0.3 is 87.1 Å². The van der Waals surface area contributed by atoms with E-state index in [1.54, 1.807) is 0 Å². The van der Waals surface area contributed by atoms with Crippen molar-refractivity contribution in [1.29, 1.82) is 0 Å². The molecule has 0 heterocycles. The van der Waals surface area contributed by atoms with Crippen LogP contribution < -0.4 is 22.2 Å². The third-order valence-corrected chi connectivity index (χ3v) is 20.2. The Kier molecular flexibility index (Phi) is 51.1. The molecule has 7 rings (SSSR count). The van der Waals surface area contributed by atoms with Crippen LogP contribution in [0, 0.1) is 173 Å². The minimum atomic E-state index is -0.826. The molecular weight excluding hydrogens is 1440 g/mol. The Bertz CT molecular complexity index is 2970. The molecule has 99 heavy (non-hydrogen) atoms. The molecule has 0 spiro atoms. The van der Waals surface area contributed by atoms with Crippen LogP contribution in [0.15, 0.2) is 72.8 Å². The van der Waals surface area contributed by atoms with Crippen LogP contribution in [0.25, 0.3) is 21.3 Å². The number of benzene rings is 7. The van der Waals surface area contributed by atoms with Crippen LogP contribution in [0.3, 0.4) is 0 Å². The van der Waals surface area contributed by atoms with Crippen molar-refractivity contribution in [3.63, 3.8) is 0 Å². The normalized spacial score (nSPS) is 10.3. The van der Waals surface area contributed by atoms with Gasteiger partial charge in [0.2, 0.25) is 0 Å². The van der Waals surface area contributed by atoms with Gasteiger partial charge in [0.15, 0.2) is 0 Å². The summed E-state index contributed by atoms with van der Waals surface area (Å²) in [7, 11) is 18.4. The molecule has 0 aromatic heterocycles. The molecule has 0 aliphatic rings. The zero-order valence-electron chi connectivity index (χ0n) is 66.1. The molecule has 0 aliphatic heterocycles. The van der Waals surface area contributed by atoms with Gasteiger partial charge in [-0.1, -0.05) is 148 Å². The van der Waals surface area contributed by atoms with Gasteiger partial charge < -0.3 is 43.5 Å². The van der Waals surface area contributed by atoms with Crippen LogP contribution in [-0.2, 0) is 66.3 Å². The van der Waals surface area contributed by atoms with Gasteiger partial charge in [0.25, 0.3) is 0 Å². The van der Waals surface area contributed by atoms with E-state index in [1.165, 1.54) is 218 Å². The van der Waals surface area contributed by atoms with E-state index in [1.807, 2.05) is 18.2 Å². The molecular formula is C87H127Cl3MgN6Zr2. The second-order valence-corrected chi connectivity index (χ2v) is 30.5. The van der Waals surface area contributed by atoms with Crippen LogP contribution in [-0.4, -0.2) is 75.4 Å². The number of halogens is 3. The summed E-state index contributed by atoms with van der Waals surface area (Å²) in [6.45, 7) is 69.2. The number of aryl methyl sites for hydroxylation is 3. The molecule has 0 fully saturated rings. The Morgan fingerprint density at radius 2 is 0.485 bits per heavy atom. The van der Waals surface area contributed by atoms with E-state index < -0.39 is 20.8 Å². The Hall–Kier alpha value is -3.33. The Labute approximate surface area is 668 Å². The summed E-state index contributed by atoms with van der Waals surface area (Å²) in [5.41, 5.74) is 39.3. The Morgan fingerprint density at radius 3 is 0.636 bits per heavy atom. The molecule has 536 valence electrons. The van der Waals surface area contributed by atoms with Crippen molar-refractivity contribution >= 4 is 62.8 Å². The summed E-state index contributed by atoms with van der Waals surface area (Å²) in [6, 6.07) is 25.3. The topological polar surface area (TPSA) is 65.3 Å². The minimum Gasteiger partial charge on any atom is 2.00 e. The molecule has 0 saturated heterocycles. The second kappa shape index (κ2) is 51.8. The van der Waals surface area contributed by atoms with Crippen molar-refractivity contribution in [2.45, 2.75) is 217 Å². The molecule has 0 bridgehead atoms. The summed E-state index contributed by atoms with van der Waals surface area (Å²) in [5, 5.41) is 19.8. The molecule has 0 saturated carbocycles. The average Bonchev–Trinajstić information content (AvgIpc) is 0.825. The van der Waals surface area contributed by atoms with Crippen LogP contribution in [0.1, 0.15) is 204 Å². The molecule has 0 radical (unpaired) electrons. The van der Waals surface area contributed by atoms with E-state index in [2.05, 4.69) is 249 Å². The van der Waals surface area contributed by atoms with Gasteiger partial charge in [-0.05, 0) is 224 Å². The fourth-order valence-corrected chi connectivity index (χ4v) is 11.9. The molecule has 12 heteroatoms. The van der Waals surface area contributed by atoms with Gasteiger partial charge in [-0.25, -0.2) is 0 Å². The van der Waals surface area contributed by atoms with Crippen LogP contribution in [0.2, 0.25) is 0 Å². The maximum absolute atomic E-state index is 4.94. The molecule has 7 aromatic carbocycles. The molecule has 0 unspecified atom stereocenters.